The van der Waals surface area contributed by atoms with Gasteiger partial charge in [0.1, 0.15) is 0 Å². The molecule has 0 aliphatic carbocycles. The van der Waals surface area contributed by atoms with Gasteiger partial charge in [-0.2, -0.15) is 0 Å². The van der Waals surface area contributed by atoms with Crippen LogP contribution in [-0.2, 0) is 0 Å². The number of amides is 1. The number of carbonyl (C=O) groups excluding carboxylic acids is 1. The first-order valence-corrected chi connectivity index (χ1v) is 7.61. The van der Waals surface area contributed by atoms with E-state index < -0.39 is 0 Å². The van der Waals surface area contributed by atoms with E-state index in [0.29, 0.717) is 5.56 Å². The van der Waals surface area contributed by atoms with Crippen molar-refractivity contribution in [1.82, 2.24) is 5.32 Å². The quantitative estimate of drug-likeness (QED) is 0.843. The predicted molar refractivity (Wildman–Crippen MR) is 85.7 cm³/mol. The highest BCUT2D eigenvalue weighted by Crippen LogP contribution is 2.19. The Bertz CT molecular complexity index is 551. The molecule has 1 amide bonds. The molecule has 1 N–H and O–H groups in total. The van der Waals surface area contributed by atoms with Crippen molar-refractivity contribution in [1.29, 1.82) is 0 Å². The zero-order chi connectivity index (χ0) is 14.4. The molecule has 2 rings (SSSR count). The average Bonchev–Trinajstić information content (AvgIpc) is 2.48. The second-order valence-electron chi connectivity index (χ2n) is 4.73. The van der Waals surface area contributed by atoms with E-state index in [1.807, 2.05) is 42.5 Å². The molecule has 0 aliphatic heterocycles. The Balaban J connectivity index is 2.12. The molecule has 2 nitrogen and oxygen atoms in total. The summed E-state index contributed by atoms with van der Waals surface area (Å²) in [6, 6.07) is 17.6. The van der Waals surface area contributed by atoms with Crippen LogP contribution < -0.4 is 5.32 Å². The molecular formula is C17H18BrNO. The highest BCUT2D eigenvalue weighted by atomic mass is 79.9. The van der Waals surface area contributed by atoms with Crippen LogP contribution in [0.1, 0.15) is 41.7 Å². The normalized spacial score (nSPS) is 11.9. The van der Waals surface area contributed by atoms with Gasteiger partial charge in [0.15, 0.2) is 0 Å². The molecule has 0 radical (unpaired) electrons. The highest BCUT2D eigenvalue weighted by molar-refractivity contribution is 9.10. The van der Waals surface area contributed by atoms with Crippen molar-refractivity contribution < 1.29 is 4.79 Å². The van der Waals surface area contributed by atoms with Crippen molar-refractivity contribution in [3.05, 3.63) is 70.2 Å². The van der Waals surface area contributed by atoms with Crippen molar-refractivity contribution in [2.45, 2.75) is 25.8 Å². The van der Waals surface area contributed by atoms with Crippen molar-refractivity contribution in [2.24, 2.45) is 0 Å². The number of hydrogen-bond donors (Lipinski definition) is 1. The van der Waals surface area contributed by atoms with E-state index >= 15 is 0 Å². The monoisotopic (exact) mass is 331 g/mol. The first-order chi connectivity index (χ1) is 9.70. The molecule has 1 unspecified atom stereocenters. The van der Waals surface area contributed by atoms with Crippen molar-refractivity contribution >= 4 is 21.8 Å². The second-order valence-corrected chi connectivity index (χ2v) is 5.65. The summed E-state index contributed by atoms with van der Waals surface area (Å²) in [4.78, 5) is 12.3. The molecule has 20 heavy (non-hydrogen) atoms. The number of halogens is 1. The van der Waals surface area contributed by atoms with Crippen LogP contribution in [0.15, 0.2) is 59.1 Å². The summed E-state index contributed by atoms with van der Waals surface area (Å²) in [5.74, 6) is -0.0280. The van der Waals surface area contributed by atoms with Gasteiger partial charge in [0, 0.05) is 10.0 Å². The van der Waals surface area contributed by atoms with Gasteiger partial charge >= 0.3 is 0 Å². The summed E-state index contributed by atoms with van der Waals surface area (Å²) < 4.78 is 0.974. The van der Waals surface area contributed by atoms with Crippen LogP contribution >= 0.6 is 15.9 Å². The van der Waals surface area contributed by atoms with Gasteiger partial charge in [-0.3, -0.25) is 4.79 Å². The fourth-order valence-corrected chi connectivity index (χ4v) is 2.40. The minimum Gasteiger partial charge on any atom is -0.345 e. The first kappa shape index (κ1) is 14.8. The van der Waals surface area contributed by atoms with Gasteiger partial charge in [0.2, 0.25) is 0 Å². The standard InChI is InChI=1S/C17H18BrNO/c1-2-6-16(13-7-4-3-5-8-13)19-17(20)14-9-11-15(18)12-10-14/h3-5,7-12,16H,2,6H2,1H3,(H,19,20). The molecule has 0 heterocycles. The van der Waals surface area contributed by atoms with E-state index in [4.69, 9.17) is 0 Å². The molecule has 2 aromatic rings. The number of rotatable bonds is 5. The summed E-state index contributed by atoms with van der Waals surface area (Å²) in [7, 11) is 0. The molecule has 1 atom stereocenters. The Labute approximate surface area is 128 Å². The van der Waals surface area contributed by atoms with Crippen molar-refractivity contribution in [2.75, 3.05) is 0 Å². The first-order valence-electron chi connectivity index (χ1n) is 6.82. The zero-order valence-electron chi connectivity index (χ0n) is 11.5. The Hall–Kier alpha value is -1.61. The summed E-state index contributed by atoms with van der Waals surface area (Å²) in [6.07, 6.45) is 1.96. The molecule has 0 aromatic heterocycles. The van der Waals surface area contributed by atoms with Crippen LogP contribution in [0.4, 0.5) is 0 Å². The summed E-state index contributed by atoms with van der Waals surface area (Å²) in [6.45, 7) is 2.13. The lowest BCUT2D eigenvalue weighted by atomic mass is 10.0. The Morgan fingerprint density at radius 3 is 2.35 bits per heavy atom. The third kappa shape index (κ3) is 3.94. The van der Waals surface area contributed by atoms with Crippen LogP contribution in [0.5, 0.6) is 0 Å². The van der Waals surface area contributed by atoms with Gasteiger partial charge in [-0.25, -0.2) is 0 Å². The lowest BCUT2D eigenvalue weighted by Crippen LogP contribution is -2.28. The number of hydrogen-bond acceptors (Lipinski definition) is 1. The number of carbonyl (C=O) groups is 1. The Kier molecular flexibility index (Phi) is 5.36. The van der Waals surface area contributed by atoms with E-state index in [9.17, 15) is 4.79 Å². The lowest BCUT2D eigenvalue weighted by Gasteiger charge is -2.18. The van der Waals surface area contributed by atoms with Crippen LogP contribution in [0, 0.1) is 0 Å². The summed E-state index contributed by atoms with van der Waals surface area (Å²) in [5.41, 5.74) is 1.84. The second kappa shape index (κ2) is 7.25. The molecular weight excluding hydrogens is 314 g/mol. The van der Waals surface area contributed by atoms with Gasteiger partial charge in [-0.05, 0) is 36.2 Å². The van der Waals surface area contributed by atoms with E-state index in [2.05, 4.69) is 40.3 Å². The van der Waals surface area contributed by atoms with E-state index in [1.54, 1.807) is 0 Å². The van der Waals surface area contributed by atoms with Crippen LogP contribution in [0.25, 0.3) is 0 Å². The van der Waals surface area contributed by atoms with E-state index in [1.165, 1.54) is 0 Å². The molecule has 0 saturated carbocycles. The van der Waals surface area contributed by atoms with Gasteiger partial charge in [0.05, 0.1) is 6.04 Å². The third-order valence-corrected chi connectivity index (χ3v) is 3.72. The third-order valence-electron chi connectivity index (χ3n) is 3.19. The molecule has 104 valence electrons. The SMILES string of the molecule is CCCC(NC(=O)c1ccc(Br)cc1)c1ccccc1. The van der Waals surface area contributed by atoms with E-state index in [-0.39, 0.29) is 11.9 Å². The fourth-order valence-electron chi connectivity index (χ4n) is 2.14. The van der Waals surface area contributed by atoms with Crippen LogP contribution in [-0.4, -0.2) is 5.91 Å². The maximum Gasteiger partial charge on any atom is 0.251 e. The smallest absolute Gasteiger partial charge is 0.251 e. The number of nitrogens with one attached hydrogen (secondary N) is 1. The molecule has 0 bridgehead atoms. The molecule has 0 spiro atoms. The Morgan fingerprint density at radius 2 is 1.75 bits per heavy atom. The molecule has 3 heteroatoms. The van der Waals surface area contributed by atoms with Gasteiger partial charge in [-0.1, -0.05) is 59.6 Å². The molecule has 0 aliphatic rings. The Morgan fingerprint density at radius 1 is 1.10 bits per heavy atom. The number of benzene rings is 2. The predicted octanol–water partition coefficient (Wildman–Crippen LogP) is 4.72. The highest BCUT2D eigenvalue weighted by Gasteiger charge is 2.14. The topological polar surface area (TPSA) is 29.1 Å². The average molecular weight is 332 g/mol. The maximum atomic E-state index is 12.3. The van der Waals surface area contributed by atoms with Crippen LogP contribution in [0.3, 0.4) is 0 Å². The maximum absolute atomic E-state index is 12.3. The summed E-state index contributed by atoms with van der Waals surface area (Å²) in [5, 5.41) is 3.12. The molecule has 2 aromatic carbocycles. The minimum absolute atomic E-state index is 0.0280. The zero-order valence-corrected chi connectivity index (χ0v) is 13.1. The molecule has 0 saturated heterocycles. The van der Waals surface area contributed by atoms with Gasteiger partial charge in [0.25, 0.3) is 5.91 Å². The van der Waals surface area contributed by atoms with Gasteiger partial charge in [-0.15, -0.1) is 0 Å². The van der Waals surface area contributed by atoms with Crippen molar-refractivity contribution in [3.63, 3.8) is 0 Å². The summed E-state index contributed by atoms with van der Waals surface area (Å²) >= 11 is 3.38. The van der Waals surface area contributed by atoms with E-state index in [0.717, 1.165) is 22.9 Å². The fraction of sp³-hybridized carbons (Fsp3) is 0.235. The van der Waals surface area contributed by atoms with Crippen LogP contribution in [0.2, 0.25) is 0 Å². The minimum atomic E-state index is -0.0280. The van der Waals surface area contributed by atoms with Gasteiger partial charge < -0.3 is 5.32 Å². The van der Waals surface area contributed by atoms with Crippen molar-refractivity contribution in [3.8, 4) is 0 Å². The largest absolute Gasteiger partial charge is 0.345 e. The lowest BCUT2D eigenvalue weighted by molar-refractivity contribution is 0.0934. The molecule has 0 fully saturated rings.